The first-order valence-corrected chi connectivity index (χ1v) is 12.8. The van der Waals surface area contributed by atoms with Crippen molar-refractivity contribution in [2.24, 2.45) is 0 Å². The number of carbonyl (C=O) groups is 3. The van der Waals surface area contributed by atoms with Gasteiger partial charge in [0.15, 0.2) is 5.54 Å². The Morgan fingerprint density at radius 1 is 1.05 bits per heavy atom. The fourth-order valence-corrected chi connectivity index (χ4v) is 4.30. The van der Waals surface area contributed by atoms with Crippen molar-refractivity contribution >= 4 is 17.7 Å². The molecule has 1 saturated heterocycles. The van der Waals surface area contributed by atoms with Gasteiger partial charge in [-0.25, -0.2) is 5.48 Å². The number of amides is 3. The molecule has 0 unspecified atom stereocenters. The smallest absolute Gasteiger partial charge is 0.278 e. The Balaban J connectivity index is 1.30. The van der Waals surface area contributed by atoms with Crippen molar-refractivity contribution in [2.75, 3.05) is 27.2 Å². The quantitative estimate of drug-likeness (QED) is 0.163. The van der Waals surface area contributed by atoms with Crippen LogP contribution in [-0.4, -0.2) is 71.6 Å². The van der Waals surface area contributed by atoms with Gasteiger partial charge in [-0.05, 0) is 61.0 Å². The molecule has 1 aromatic heterocycles. The third-order valence-electron chi connectivity index (χ3n) is 7.00. The summed E-state index contributed by atoms with van der Waals surface area (Å²) in [5.41, 5.74) is 2.53. The molecule has 1 fully saturated rings. The van der Waals surface area contributed by atoms with Crippen molar-refractivity contribution in [3.8, 4) is 11.8 Å². The zero-order valence-electron chi connectivity index (χ0n) is 22.6. The molecule has 10 heteroatoms. The van der Waals surface area contributed by atoms with E-state index in [1.165, 1.54) is 32.1 Å². The maximum atomic E-state index is 13.0. The summed E-state index contributed by atoms with van der Waals surface area (Å²) in [6.07, 6.45) is 1.87. The van der Waals surface area contributed by atoms with Gasteiger partial charge in [-0.1, -0.05) is 24.0 Å². The molecule has 208 valence electrons. The molecule has 0 radical (unpaired) electrons. The monoisotopic (exact) mass is 544 g/mol. The van der Waals surface area contributed by atoms with Crippen molar-refractivity contribution in [1.29, 1.82) is 0 Å². The lowest BCUT2D eigenvalue weighted by Crippen LogP contribution is -2.64. The maximum absolute atomic E-state index is 13.0. The standard InChI is InChI=1S/C30H32N4O6/c1-30(28(36)31-2,29(37)32-38)33(3)27(35)24-14-12-22(13-15-24)7-6-21-8-10-23(11-9-21)17-34-18-26(19-34)40-20-25-5-4-16-39-25/h4-5,8-16,26,38H,17-20H2,1-3H3,(H,31,36)(H,32,37)/t30-/m0/s1. The highest BCUT2D eigenvalue weighted by atomic mass is 16.5. The van der Waals surface area contributed by atoms with Crippen LogP contribution in [0.1, 0.15) is 39.7 Å². The van der Waals surface area contributed by atoms with E-state index in [2.05, 4.69) is 34.2 Å². The Morgan fingerprint density at radius 2 is 1.68 bits per heavy atom. The number of carbonyl (C=O) groups excluding carboxylic acids is 3. The average molecular weight is 545 g/mol. The molecule has 2 aromatic carbocycles. The summed E-state index contributed by atoms with van der Waals surface area (Å²) in [4.78, 5) is 40.8. The number of nitrogens with zero attached hydrogens (tertiary/aromatic N) is 2. The summed E-state index contributed by atoms with van der Waals surface area (Å²) in [5.74, 6) is 4.71. The van der Waals surface area contributed by atoms with Gasteiger partial charge in [0, 0.05) is 50.4 Å². The van der Waals surface area contributed by atoms with Crippen LogP contribution in [0.3, 0.4) is 0 Å². The molecule has 10 nitrogen and oxygen atoms in total. The second-order valence-corrected chi connectivity index (χ2v) is 9.69. The van der Waals surface area contributed by atoms with Gasteiger partial charge in [-0.2, -0.15) is 0 Å². The van der Waals surface area contributed by atoms with Crippen LogP contribution in [0.4, 0.5) is 0 Å². The summed E-state index contributed by atoms with van der Waals surface area (Å²) < 4.78 is 11.1. The highest BCUT2D eigenvalue weighted by molar-refractivity contribution is 6.12. The van der Waals surface area contributed by atoms with Crippen LogP contribution in [0.15, 0.2) is 71.3 Å². The number of hydroxylamine groups is 1. The predicted molar refractivity (Wildman–Crippen MR) is 146 cm³/mol. The first-order chi connectivity index (χ1) is 19.2. The number of nitrogens with one attached hydrogen (secondary N) is 2. The van der Waals surface area contributed by atoms with E-state index >= 15 is 0 Å². The summed E-state index contributed by atoms with van der Waals surface area (Å²) in [5, 5.41) is 11.4. The Kier molecular flexibility index (Phi) is 9.01. The summed E-state index contributed by atoms with van der Waals surface area (Å²) in [6.45, 7) is 4.36. The largest absolute Gasteiger partial charge is 0.467 e. The maximum Gasteiger partial charge on any atom is 0.278 e. The van der Waals surface area contributed by atoms with Crippen molar-refractivity contribution < 1.29 is 28.7 Å². The molecule has 1 aliphatic rings. The van der Waals surface area contributed by atoms with E-state index in [4.69, 9.17) is 14.4 Å². The molecule has 0 saturated carbocycles. The van der Waals surface area contributed by atoms with Crippen molar-refractivity contribution in [3.05, 3.63) is 94.9 Å². The van der Waals surface area contributed by atoms with Gasteiger partial charge in [-0.3, -0.25) is 24.5 Å². The zero-order valence-corrected chi connectivity index (χ0v) is 22.6. The lowest BCUT2D eigenvalue weighted by Gasteiger charge is -2.38. The molecule has 3 amide bonds. The van der Waals surface area contributed by atoms with E-state index in [1.807, 2.05) is 24.3 Å². The molecule has 1 atom stereocenters. The number of benzene rings is 2. The number of furan rings is 1. The molecule has 3 aromatic rings. The molecular formula is C30H32N4O6. The Bertz CT molecular complexity index is 1370. The summed E-state index contributed by atoms with van der Waals surface area (Å²) in [7, 11) is 2.66. The predicted octanol–water partition coefficient (Wildman–Crippen LogP) is 2.16. The SMILES string of the molecule is CNC(=O)[C@@](C)(C(=O)NO)N(C)C(=O)c1ccc(C#Cc2ccc(CN3CC(OCc4ccco4)C3)cc2)cc1. The zero-order chi connectivity index (χ0) is 28.7. The van der Waals surface area contributed by atoms with Crippen molar-refractivity contribution in [2.45, 2.75) is 31.7 Å². The third-order valence-corrected chi connectivity index (χ3v) is 7.00. The van der Waals surface area contributed by atoms with Gasteiger partial charge in [0.2, 0.25) is 0 Å². The highest BCUT2D eigenvalue weighted by Gasteiger charge is 2.47. The van der Waals surface area contributed by atoms with E-state index in [0.717, 1.165) is 35.9 Å². The number of ether oxygens (including phenoxy) is 1. The molecule has 40 heavy (non-hydrogen) atoms. The first kappa shape index (κ1) is 28.6. The molecular weight excluding hydrogens is 512 g/mol. The fourth-order valence-electron chi connectivity index (χ4n) is 4.30. The van der Waals surface area contributed by atoms with Gasteiger partial charge in [0.25, 0.3) is 17.7 Å². The minimum absolute atomic E-state index is 0.220. The van der Waals surface area contributed by atoms with Crippen LogP contribution >= 0.6 is 0 Å². The number of hydrogen-bond donors (Lipinski definition) is 3. The van der Waals surface area contributed by atoms with Crippen LogP contribution in [0.5, 0.6) is 0 Å². The van der Waals surface area contributed by atoms with E-state index in [1.54, 1.807) is 30.5 Å². The third kappa shape index (κ3) is 6.40. The lowest BCUT2D eigenvalue weighted by molar-refractivity contribution is -0.148. The van der Waals surface area contributed by atoms with Gasteiger partial charge in [0.1, 0.15) is 12.4 Å². The van der Waals surface area contributed by atoms with Crippen molar-refractivity contribution in [1.82, 2.24) is 20.6 Å². The van der Waals surface area contributed by atoms with Gasteiger partial charge in [-0.15, -0.1) is 0 Å². The Labute approximate surface area is 232 Å². The fraction of sp³-hybridized carbons (Fsp3) is 0.300. The topological polar surface area (TPSA) is 124 Å². The highest BCUT2D eigenvalue weighted by Crippen LogP contribution is 2.19. The number of rotatable bonds is 9. The molecule has 0 bridgehead atoms. The minimum atomic E-state index is -1.95. The second kappa shape index (κ2) is 12.6. The Hall–Kier alpha value is -4.43. The molecule has 2 heterocycles. The van der Waals surface area contributed by atoms with Crippen LogP contribution < -0.4 is 10.8 Å². The van der Waals surface area contributed by atoms with E-state index in [9.17, 15) is 14.4 Å². The normalized spacial score (nSPS) is 14.7. The van der Waals surface area contributed by atoms with Crippen LogP contribution in [0.2, 0.25) is 0 Å². The first-order valence-electron chi connectivity index (χ1n) is 12.8. The minimum Gasteiger partial charge on any atom is -0.467 e. The van der Waals surface area contributed by atoms with Crippen LogP contribution in [0.25, 0.3) is 0 Å². The molecule has 0 spiro atoms. The molecule has 0 aliphatic carbocycles. The Morgan fingerprint density at radius 3 is 2.23 bits per heavy atom. The average Bonchev–Trinajstić information content (AvgIpc) is 3.49. The second-order valence-electron chi connectivity index (χ2n) is 9.69. The number of likely N-dealkylation sites (N-methyl/N-ethyl adjacent to an activating group) is 2. The number of hydrogen-bond acceptors (Lipinski definition) is 7. The summed E-state index contributed by atoms with van der Waals surface area (Å²) in [6, 6.07) is 18.4. The van der Waals surface area contributed by atoms with Gasteiger partial charge in [0.05, 0.1) is 12.4 Å². The lowest BCUT2D eigenvalue weighted by atomic mass is 9.96. The van der Waals surface area contributed by atoms with E-state index in [0.29, 0.717) is 12.2 Å². The van der Waals surface area contributed by atoms with E-state index < -0.39 is 23.3 Å². The van der Waals surface area contributed by atoms with Gasteiger partial charge >= 0.3 is 0 Å². The molecule has 3 N–H and O–H groups in total. The van der Waals surface area contributed by atoms with Crippen LogP contribution in [-0.2, 0) is 27.5 Å². The van der Waals surface area contributed by atoms with E-state index in [-0.39, 0.29) is 11.7 Å². The van der Waals surface area contributed by atoms with Gasteiger partial charge < -0.3 is 19.4 Å². The summed E-state index contributed by atoms with van der Waals surface area (Å²) >= 11 is 0. The molecule has 1 aliphatic heterocycles. The van der Waals surface area contributed by atoms with Crippen molar-refractivity contribution in [3.63, 3.8) is 0 Å². The molecule has 4 rings (SSSR count). The number of likely N-dealkylation sites (tertiary alicyclic amines) is 1. The van der Waals surface area contributed by atoms with Crippen LogP contribution in [0, 0.1) is 11.8 Å².